The molecule has 1 aliphatic rings. The molecule has 0 saturated carbocycles. The Morgan fingerprint density at radius 3 is 2.32 bits per heavy atom. The molecule has 0 N–H and O–H groups in total. The largest absolute Gasteiger partial charge is 0.494 e. The number of hydrogen-bond donors (Lipinski definition) is 0. The zero-order valence-electron chi connectivity index (χ0n) is 18.0. The average Bonchev–Trinajstić information content (AvgIpc) is 2.78. The Hall–Kier alpha value is -2.56. The molecule has 1 nitrogen and oxygen atoms in total. The second kappa shape index (κ2) is 10.7. The minimum atomic E-state index is -0.958. The first-order valence-corrected chi connectivity index (χ1v) is 10.8. The quantitative estimate of drug-likeness (QED) is 0.309. The molecule has 0 spiro atoms. The van der Waals surface area contributed by atoms with Crippen molar-refractivity contribution in [2.75, 3.05) is 7.11 Å². The molecule has 166 valence electrons. The van der Waals surface area contributed by atoms with E-state index >= 15 is 0 Å². The maximum Gasteiger partial charge on any atom is 0.200 e. The zero-order valence-corrected chi connectivity index (χ0v) is 18.0. The van der Waals surface area contributed by atoms with Gasteiger partial charge < -0.3 is 4.74 Å². The number of hydrogen-bond acceptors (Lipinski definition) is 1. The Morgan fingerprint density at radius 1 is 0.935 bits per heavy atom. The summed E-state index contributed by atoms with van der Waals surface area (Å²) in [7, 11) is 1.30. The lowest BCUT2D eigenvalue weighted by atomic mass is 9.85. The van der Waals surface area contributed by atoms with Gasteiger partial charge in [-0.3, -0.25) is 0 Å². The molecule has 1 aliphatic carbocycles. The molecule has 1 unspecified atom stereocenters. The fourth-order valence-corrected chi connectivity index (χ4v) is 4.02. The highest BCUT2D eigenvalue weighted by Crippen LogP contribution is 2.33. The topological polar surface area (TPSA) is 9.23 Å². The molecular weight excluding hydrogens is 404 g/mol. The normalized spacial score (nSPS) is 16.6. The van der Waals surface area contributed by atoms with Gasteiger partial charge in [0, 0.05) is 5.56 Å². The first-order valence-electron chi connectivity index (χ1n) is 10.8. The highest BCUT2D eigenvalue weighted by Gasteiger charge is 2.19. The van der Waals surface area contributed by atoms with Gasteiger partial charge in [-0.05, 0) is 67.2 Å². The van der Waals surface area contributed by atoms with Crippen molar-refractivity contribution in [2.24, 2.45) is 5.92 Å². The van der Waals surface area contributed by atoms with Gasteiger partial charge in [-0.15, -0.1) is 0 Å². The van der Waals surface area contributed by atoms with Gasteiger partial charge >= 0.3 is 0 Å². The van der Waals surface area contributed by atoms with Gasteiger partial charge in [-0.1, -0.05) is 49.8 Å². The molecule has 0 radical (unpaired) electrons. The zero-order chi connectivity index (χ0) is 22.4. The van der Waals surface area contributed by atoms with Crippen LogP contribution in [0, 0.1) is 29.2 Å². The van der Waals surface area contributed by atoms with E-state index in [1.807, 2.05) is 19.1 Å². The lowest BCUT2D eigenvalue weighted by molar-refractivity contribution is 0.370. The summed E-state index contributed by atoms with van der Waals surface area (Å²) in [5, 5.41) is 0. The van der Waals surface area contributed by atoms with E-state index in [0.717, 1.165) is 24.8 Å². The fraction of sp³-hybridized carbons (Fsp3) is 0.385. The summed E-state index contributed by atoms with van der Waals surface area (Å²) < 4.78 is 61.3. The third-order valence-electron chi connectivity index (χ3n) is 5.81. The predicted octanol–water partition coefficient (Wildman–Crippen LogP) is 7.58. The molecule has 0 aromatic heterocycles. The molecule has 31 heavy (non-hydrogen) atoms. The maximum absolute atomic E-state index is 14.5. The Bertz CT molecular complexity index is 978. The van der Waals surface area contributed by atoms with E-state index in [2.05, 4.69) is 6.08 Å². The summed E-state index contributed by atoms with van der Waals surface area (Å²) in [6, 6.07) is 6.35. The van der Waals surface area contributed by atoms with Crippen LogP contribution in [-0.2, 0) is 12.8 Å². The van der Waals surface area contributed by atoms with E-state index in [1.54, 1.807) is 18.2 Å². The summed E-state index contributed by atoms with van der Waals surface area (Å²) in [5.74, 6) is -3.10. The SMILES string of the molecule is CCCc1ccc(C2=CCC(/C=C/CCc3ccc(OC)c(F)c3F)CC2)c(F)c1F. The van der Waals surface area contributed by atoms with Crippen LogP contribution in [0.25, 0.3) is 5.57 Å². The summed E-state index contributed by atoms with van der Waals surface area (Å²) in [6.07, 6.45) is 10.6. The second-order valence-corrected chi connectivity index (χ2v) is 7.94. The fourth-order valence-electron chi connectivity index (χ4n) is 4.02. The summed E-state index contributed by atoms with van der Waals surface area (Å²) >= 11 is 0. The van der Waals surface area contributed by atoms with Crippen molar-refractivity contribution in [1.29, 1.82) is 0 Å². The van der Waals surface area contributed by atoms with E-state index in [-0.39, 0.29) is 5.75 Å². The van der Waals surface area contributed by atoms with E-state index < -0.39 is 23.3 Å². The molecule has 2 aromatic rings. The highest BCUT2D eigenvalue weighted by molar-refractivity contribution is 5.67. The second-order valence-electron chi connectivity index (χ2n) is 7.94. The van der Waals surface area contributed by atoms with Crippen molar-refractivity contribution in [1.82, 2.24) is 0 Å². The Morgan fingerprint density at radius 2 is 1.65 bits per heavy atom. The van der Waals surface area contributed by atoms with Crippen molar-refractivity contribution in [3.63, 3.8) is 0 Å². The first kappa shape index (κ1) is 23.1. The Balaban J connectivity index is 1.57. The van der Waals surface area contributed by atoms with Gasteiger partial charge in [0.1, 0.15) is 0 Å². The third kappa shape index (κ3) is 5.38. The molecule has 0 aliphatic heterocycles. The standard InChI is InChI=1S/C26H28F4O/c1-3-6-19-13-15-21(25(29)23(19)27)18-11-9-17(10-12-18)7-4-5-8-20-14-16-22(31-2)26(30)24(20)28/h4,7,11,13-17H,3,5-6,8-10,12H2,1-2H3/b7-4+. The highest BCUT2D eigenvalue weighted by atomic mass is 19.2. The van der Waals surface area contributed by atoms with Crippen molar-refractivity contribution < 1.29 is 22.3 Å². The number of aryl methyl sites for hydroxylation is 2. The molecular formula is C26H28F4O. The number of benzene rings is 2. The van der Waals surface area contributed by atoms with E-state index in [1.165, 1.54) is 13.2 Å². The Labute approximate surface area is 181 Å². The molecule has 3 rings (SSSR count). The van der Waals surface area contributed by atoms with E-state index in [4.69, 9.17) is 4.74 Å². The summed E-state index contributed by atoms with van der Waals surface area (Å²) in [4.78, 5) is 0. The van der Waals surface area contributed by atoms with E-state index in [9.17, 15) is 17.6 Å². The summed E-state index contributed by atoms with van der Waals surface area (Å²) in [6.45, 7) is 1.94. The minimum absolute atomic E-state index is 0.0992. The Kier molecular flexibility index (Phi) is 7.94. The molecule has 1 atom stereocenters. The first-order chi connectivity index (χ1) is 15.0. The molecule has 0 bridgehead atoms. The number of methoxy groups -OCH3 is 1. The van der Waals surface area contributed by atoms with Crippen LogP contribution in [0.15, 0.2) is 42.5 Å². The van der Waals surface area contributed by atoms with Crippen molar-refractivity contribution >= 4 is 5.57 Å². The van der Waals surface area contributed by atoms with Crippen LogP contribution in [0.1, 0.15) is 55.7 Å². The lowest BCUT2D eigenvalue weighted by Crippen LogP contribution is -2.06. The average molecular weight is 433 g/mol. The van der Waals surface area contributed by atoms with Crippen LogP contribution in [-0.4, -0.2) is 7.11 Å². The van der Waals surface area contributed by atoms with Gasteiger partial charge in [0.25, 0.3) is 0 Å². The molecule has 0 heterocycles. The predicted molar refractivity (Wildman–Crippen MR) is 116 cm³/mol. The van der Waals surface area contributed by atoms with Crippen LogP contribution >= 0.6 is 0 Å². The van der Waals surface area contributed by atoms with Gasteiger partial charge in [0.2, 0.25) is 5.82 Å². The number of rotatable bonds is 8. The molecule has 0 fully saturated rings. The van der Waals surface area contributed by atoms with Crippen molar-refractivity contribution in [3.8, 4) is 5.75 Å². The van der Waals surface area contributed by atoms with Crippen LogP contribution in [0.2, 0.25) is 0 Å². The third-order valence-corrected chi connectivity index (χ3v) is 5.81. The monoisotopic (exact) mass is 432 g/mol. The van der Waals surface area contributed by atoms with Gasteiger partial charge in [0.05, 0.1) is 7.11 Å². The molecule has 2 aromatic carbocycles. The number of halogens is 4. The molecule has 0 saturated heterocycles. The number of ether oxygens (including phenoxy) is 1. The minimum Gasteiger partial charge on any atom is -0.494 e. The van der Waals surface area contributed by atoms with Crippen LogP contribution < -0.4 is 4.74 Å². The van der Waals surface area contributed by atoms with Gasteiger partial charge in [-0.2, -0.15) is 4.39 Å². The van der Waals surface area contributed by atoms with Crippen LogP contribution in [0.4, 0.5) is 17.6 Å². The smallest absolute Gasteiger partial charge is 0.200 e. The molecule has 5 heteroatoms. The van der Waals surface area contributed by atoms with Gasteiger partial charge in [0.15, 0.2) is 23.2 Å². The van der Waals surface area contributed by atoms with Gasteiger partial charge in [-0.25, -0.2) is 13.2 Å². The van der Waals surface area contributed by atoms with Crippen LogP contribution in [0.3, 0.4) is 0 Å². The maximum atomic E-state index is 14.5. The van der Waals surface area contributed by atoms with Crippen LogP contribution in [0.5, 0.6) is 5.75 Å². The van der Waals surface area contributed by atoms with Crippen molar-refractivity contribution in [3.05, 3.63) is 82.5 Å². The lowest BCUT2D eigenvalue weighted by Gasteiger charge is -2.20. The van der Waals surface area contributed by atoms with E-state index in [0.29, 0.717) is 48.3 Å². The summed E-state index contributed by atoms with van der Waals surface area (Å²) in [5.41, 5.74) is 1.95. The number of allylic oxidation sites excluding steroid dienone is 4. The molecule has 0 amide bonds. The van der Waals surface area contributed by atoms with Crippen molar-refractivity contribution in [2.45, 2.75) is 51.9 Å².